The number of carbonyl (C=O) groups is 1. The molecular formula is C12H10F3NO. The van der Waals surface area contributed by atoms with Crippen LogP contribution < -0.4 is 0 Å². The molecule has 0 saturated heterocycles. The summed E-state index contributed by atoms with van der Waals surface area (Å²) in [6.07, 6.45) is -3.58. The second-order valence-corrected chi connectivity index (χ2v) is 3.80. The van der Waals surface area contributed by atoms with Gasteiger partial charge in [0.15, 0.2) is 0 Å². The van der Waals surface area contributed by atoms with Gasteiger partial charge >= 0.3 is 6.18 Å². The highest BCUT2D eigenvalue weighted by Crippen LogP contribution is 2.35. The fraction of sp³-hybridized carbons (Fsp3) is 0.250. The van der Waals surface area contributed by atoms with Crippen molar-refractivity contribution in [2.24, 2.45) is 7.05 Å². The number of carbonyl (C=O) groups excluding carboxylic acids is 1. The van der Waals surface area contributed by atoms with E-state index in [9.17, 15) is 18.0 Å². The Kier molecular flexibility index (Phi) is 2.69. The smallest absolute Gasteiger partial charge is 0.347 e. The number of aryl methyl sites for hydroxylation is 1. The van der Waals surface area contributed by atoms with Crippen molar-refractivity contribution < 1.29 is 18.0 Å². The highest BCUT2D eigenvalue weighted by Gasteiger charge is 2.33. The van der Waals surface area contributed by atoms with E-state index in [1.54, 1.807) is 17.7 Å². The molecule has 0 radical (unpaired) electrons. The number of benzene rings is 1. The maximum atomic E-state index is 12.8. The number of hydrogen-bond acceptors (Lipinski definition) is 1. The third-order valence-electron chi connectivity index (χ3n) is 2.78. The molecule has 2 nitrogen and oxygen atoms in total. The molecule has 17 heavy (non-hydrogen) atoms. The molecule has 2 aromatic rings. The van der Waals surface area contributed by atoms with Crippen molar-refractivity contribution in [1.29, 1.82) is 0 Å². The minimum absolute atomic E-state index is 0.114. The van der Waals surface area contributed by atoms with Gasteiger partial charge in [0.25, 0.3) is 0 Å². The van der Waals surface area contributed by atoms with Crippen molar-refractivity contribution in [2.75, 3.05) is 0 Å². The largest absolute Gasteiger partial charge is 0.417 e. The number of aldehydes is 1. The van der Waals surface area contributed by atoms with Crippen molar-refractivity contribution in [1.82, 2.24) is 4.57 Å². The summed E-state index contributed by atoms with van der Waals surface area (Å²) >= 11 is 0. The van der Waals surface area contributed by atoms with Crippen LogP contribution in [0.5, 0.6) is 0 Å². The summed E-state index contributed by atoms with van der Waals surface area (Å²) in [7, 11) is 1.65. The number of aromatic nitrogens is 1. The minimum atomic E-state index is -4.38. The van der Waals surface area contributed by atoms with E-state index in [-0.39, 0.29) is 11.8 Å². The van der Waals surface area contributed by atoms with Crippen LogP contribution in [-0.2, 0) is 24.4 Å². The highest BCUT2D eigenvalue weighted by molar-refractivity contribution is 5.86. The second-order valence-electron chi connectivity index (χ2n) is 3.80. The summed E-state index contributed by atoms with van der Waals surface area (Å²) in [5.41, 5.74) is 0.395. The van der Waals surface area contributed by atoms with E-state index in [1.807, 2.05) is 0 Å². The van der Waals surface area contributed by atoms with Crippen molar-refractivity contribution in [3.63, 3.8) is 0 Å². The van der Waals surface area contributed by atoms with E-state index in [1.165, 1.54) is 12.1 Å². The van der Waals surface area contributed by atoms with Crippen LogP contribution in [0.4, 0.5) is 13.2 Å². The second kappa shape index (κ2) is 3.91. The van der Waals surface area contributed by atoms with E-state index in [4.69, 9.17) is 0 Å². The van der Waals surface area contributed by atoms with Gasteiger partial charge in [-0.1, -0.05) is 6.07 Å². The quantitative estimate of drug-likeness (QED) is 0.741. The Morgan fingerprint density at radius 2 is 2.06 bits per heavy atom. The van der Waals surface area contributed by atoms with Gasteiger partial charge < -0.3 is 9.36 Å². The van der Waals surface area contributed by atoms with Gasteiger partial charge in [0.05, 0.1) is 5.56 Å². The molecule has 90 valence electrons. The zero-order chi connectivity index (χ0) is 12.6. The Labute approximate surface area is 95.7 Å². The summed E-state index contributed by atoms with van der Waals surface area (Å²) in [6.45, 7) is 0. The predicted molar refractivity (Wildman–Crippen MR) is 57.7 cm³/mol. The monoisotopic (exact) mass is 241 g/mol. The maximum Gasteiger partial charge on any atom is 0.417 e. The first-order valence-electron chi connectivity index (χ1n) is 5.03. The third kappa shape index (κ3) is 1.92. The Bertz CT molecular complexity index is 569. The maximum absolute atomic E-state index is 12.8. The Balaban J connectivity index is 2.73. The average molecular weight is 241 g/mol. The first kappa shape index (κ1) is 11.7. The molecule has 0 amide bonds. The van der Waals surface area contributed by atoms with Crippen molar-refractivity contribution in [2.45, 2.75) is 12.6 Å². The Morgan fingerprint density at radius 3 is 2.65 bits per heavy atom. The molecule has 0 fully saturated rings. The molecule has 0 aliphatic rings. The van der Waals surface area contributed by atoms with Gasteiger partial charge in [0, 0.05) is 30.1 Å². The summed E-state index contributed by atoms with van der Waals surface area (Å²) in [5, 5.41) is 0.138. The van der Waals surface area contributed by atoms with Gasteiger partial charge in [0.2, 0.25) is 0 Å². The molecule has 0 atom stereocenters. The zero-order valence-electron chi connectivity index (χ0n) is 9.08. The van der Waals surface area contributed by atoms with Crippen LogP contribution in [0, 0.1) is 0 Å². The number of rotatable bonds is 2. The Hall–Kier alpha value is -1.78. The molecule has 0 unspecified atom stereocenters. The van der Waals surface area contributed by atoms with E-state index in [0.717, 1.165) is 6.07 Å². The van der Waals surface area contributed by atoms with Crippen LogP contribution in [0.15, 0.2) is 24.3 Å². The van der Waals surface area contributed by atoms with Crippen molar-refractivity contribution >= 4 is 17.2 Å². The minimum Gasteiger partial charge on any atom is -0.347 e. The lowest BCUT2D eigenvalue weighted by Gasteiger charge is -2.07. The first-order chi connectivity index (χ1) is 7.95. The predicted octanol–water partition coefficient (Wildman–Crippen LogP) is 2.94. The molecule has 0 aliphatic carbocycles. The molecule has 0 spiro atoms. The van der Waals surface area contributed by atoms with Crippen LogP contribution >= 0.6 is 0 Å². The molecule has 0 N–H and O–H groups in total. The van der Waals surface area contributed by atoms with E-state index < -0.39 is 11.7 Å². The lowest BCUT2D eigenvalue weighted by atomic mass is 10.1. The lowest BCUT2D eigenvalue weighted by Crippen LogP contribution is -2.05. The number of alkyl halides is 3. The summed E-state index contributed by atoms with van der Waals surface area (Å²) in [4.78, 5) is 10.4. The Morgan fingerprint density at radius 1 is 1.35 bits per heavy atom. The fourth-order valence-electron chi connectivity index (χ4n) is 1.94. The summed E-state index contributed by atoms with van der Waals surface area (Å²) < 4.78 is 39.9. The zero-order valence-corrected chi connectivity index (χ0v) is 9.08. The lowest BCUT2D eigenvalue weighted by molar-refractivity contribution is -0.136. The topological polar surface area (TPSA) is 22.0 Å². The van der Waals surface area contributed by atoms with E-state index in [2.05, 4.69) is 0 Å². The molecule has 2 rings (SSSR count). The summed E-state index contributed by atoms with van der Waals surface area (Å²) in [5.74, 6) is 0. The normalized spacial score (nSPS) is 12.0. The van der Waals surface area contributed by atoms with Crippen LogP contribution in [0.3, 0.4) is 0 Å². The highest BCUT2D eigenvalue weighted by atomic mass is 19.4. The molecule has 0 aliphatic heterocycles. The molecule has 1 heterocycles. The first-order valence-corrected chi connectivity index (χ1v) is 5.03. The van der Waals surface area contributed by atoms with Gasteiger partial charge in [-0.2, -0.15) is 13.2 Å². The molecule has 0 saturated carbocycles. The SMILES string of the molecule is Cn1c(CC=O)cc2c(C(F)(F)F)cccc21. The average Bonchev–Trinajstić information content (AvgIpc) is 2.55. The molecule has 0 bridgehead atoms. The van der Waals surface area contributed by atoms with Gasteiger partial charge in [0.1, 0.15) is 6.29 Å². The third-order valence-corrected chi connectivity index (χ3v) is 2.78. The van der Waals surface area contributed by atoms with Crippen molar-refractivity contribution in [3.8, 4) is 0 Å². The number of halogens is 3. The van der Waals surface area contributed by atoms with Crippen LogP contribution in [0.2, 0.25) is 0 Å². The van der Waals surface area contributed by atoms with Gasteiger partial charge in [-0.15, -0.1) is 0 Å². The number of fused-ring (bicyclic) bond motifs is 1. The van der Waals surface area contributed by atoms with Gasteiger partial charge in [-0.25, -0.2) is 0 Å². The molecule has 5 heteroatoms. The fourth-order valence-corrected chi connectivity index (χ4v) is 1.94. The standard InChI is InChI=1S/C12H10F3NO/c1-16-8(5-6-17)7-9-10(12(13,14)15)3-2-4-11(9)16/h2-4,6-7H,5H2,1H3. The summed E-state index contributed by atoms with van der Waals surface area (Å²) in [6, 6.07) is 5.45. The molecular weight excluding hydrogens is 231 g/mol. The van der Waals surface area contributed by atoms with Crippen molar-refractivity contribution in [3.05, 3.63) is 35.5 Å². The van der Waals surface area contributed by atoms with Crippen LogP contribution in [-0.4, -0.2) is 10.9 Å². The van der Waals surface area contributed by atoms with Gasteiger partial charge in [-0.3, -0.25) is 0 Å². The van der Waals surface area contributed by atoms with Gasteiger partial charge in [-0.05, 0) is 18.2 Å². The van der Waals surface area contributed by atoms with Crippen LogP contribution in [0.25, 0.3) is 10.9 Å². The number of hydrogen-bond donors (Lipinski definition) is 0. The molecule has 1 aromatic heterocycles. The van der Waals surface area contributed by atoms with Crippen LogP contribution in [0.1, 0.15) is 11.3 Å². The van der Waals surface area contributed by atoms with E-state index in [0.29, 0.717) is 17.5 Å². The number of nitrogens with zero attached hydrogens (tertiary/aromatic N) is 1. The molecule has 1 aromatic carbocycles. The van der Waals surface area contributed by atoms with E-state index >= 15 is 0 Å².